The highest BCUT2D eigenvalue weighted by atomic mass is 16.5. The van der Waals surface area contributed by atoms with E-state index in [4.69, 9.17) is 4.74 Å². The summed E-state index contributed by atoms with van der Waals surface area (Å²) in [5, 5.41) is 2.90. The molecule has 0 spiro atoms. The molecule has 0 bridgehead atoms. The summed E-state index contributed by atoms with van der Waals surface area (Å²) in [6.45, 7) is 5.91. The van der Waals surface area contributed by atoms with Crippen molar-refractivity contribution < 1.29 is 9.53 Å². The van der Waals surface area contributed by atoms with Gasteiger partial charge in [-0.15, -0.1) is 0 Å². The molecule has 0 saturated carbocycles. The molecule has 1 heterocycles. The van der Waals surface area contributed by atoms with Crippen molar-refractivity contribution in [3.8, 4) is 0 Å². The van der Waals surface area contributed by atoms with Gasteiger partial charge in [0.1, 0.15) is 0 Å². The second kappa shape index (κ2) is 7.99. The number of ether oxygens (including phenoxy) is 1. The Morgan fingerprint density at radius 1 is 1.30 bits per heavy atom. The Morgan fingerprint density at radius 2 is 2.00 bits per heavy atom. The fraction of sp³-hybridized carbons (Fsp3) is 0.533. The smallest absolute Gasteiger partial charge is 0.238 e. The van der Waals surface area contributed by atoms with Crippen LogP contribution in [0.25, 0.3) is 0 Å². The maximum absolute atomic E-state index is 11.9. The lowest BCUT2D eigenvalue weighted by atomic mass is 10.3. The first-order chi connectivity index (χ1) is 9.74. The zero-order valence-electron chi connectivity index (χ0n) is 12.0. The minimum absolute atomic E-state index is 0.0284. The van der Waals surface area contributed by atoms with Gasteiger partial charge in [-0.2, -0.15) is 0 Å². The molecule has 1 fully saturated rings. The van der Waals surface area contributed by atoms with E-state index in [-0.39, 0.29) is 5.91 Å². The highest BCUT2D eigenvalue weighted by molar-refractivity contribution is 5.92. The van der Waals surface area contributed by atoms with E-state index in [1.807, 2.05) is 42.3 Å². The lowest BCUT2D eigenvalue weighted by Gasteiger charge is -2.28. The Hall–Kier alpha value is -1.43. The molecule has 1 aliphatic heterocycles. The summed E-state index contributed by atoms with van der Waals surface area (Å²) >= 11 is 0. The highest BCUT2D eigenvalue weighted by Crippen LogP contribution is 2.04. The van der Waals surface area contributed by atoms with Crippen LogP contribution in [0.15, 0.2) is 30.3 Å². The van der Waals surface area contributed by atoms with Crippen molar-refractivity contribution in [2.24, 2.45) is 0 Å². The first-order valence-corrected chi connectivity index (χ1v) is 7.07. The van der Waals surface area contributed by atoms with Crippen molar-refractivity contribution in [3.63, 3.8) is 0 Å². The molecule has 2 rings (SSSR count). The van der Waals surface area contributed by atoms with Gasteiger partial charge < -0.3 is 10.1 Å². The molecule has 1 N–H and O–H groups in total. The van der Waals surface area contributed by atoms with E-state index in [1.165, 1.54) is 0 Å². The summed E-state index contributed by atoms with van der Waals surface area (Å²) in [5.74, 6) is 0.0284. The lowest BCUT2D eigenvalue weighted by Crippen LogP contribution is -2.42. The van der Waals surface area contributed by atoms with Crippen molar-refractivity contribution in [1.29, 1.82) is 0 Å². The number of anilines is 1. The molecule has 1 amide bonds. The average molecular weight is 277 g/mol. The van der Waals surface area contributed by atoms with E-state index in [9.17, 15) is 4.79 Å². The molecule has 0 atom stereocenters. The average Bonchev–Trinajstić information content (AvgIpc) is 2.47. The van der Waals surface area contributed by atoms with Gasteiger partial charge in [0.25, 0.3) is 0 Å². The van der Waals surface area contributed by atoms with Crippen LogP contribution in [0.4, 0.5) is 5.69 Å². The molecule has 110 valence electrons. The van der Waals surface area contributed by atoms with Crippen LogP contribution in [0.3, 0.4) is 0 Å². The van der Waals surface area contributed by atoms with E-state index < -0.39 is 0 Å². The number of nitrogens with zero attached hydrogens (tertiary/aromatic N) is 2. The molecule has 5 heteroatoms. The topological polar surface area (TPSA) is 44.8 Å². The number of nitrogens with one attached hydrogen (secondary N) is 1. The summed E-state index contributed by atoms with van der Waals surface area (Å²) in [4.78, 5) is 16.3. The van der Waals surface area contributed by atoms with Gasteiger partial charge in [-0.25, -0.2) is 0 Å². The molecule has 1 aromatic carbocycles. The minimum Gasteiger partial charge on any atom is -0.379 e. The van der Waals surface area contributed by atoms with Crippen molar-refractivity contribution in [3.05, 3.63) is 30.3 Å². The fourth-order valence-electron chi connectivity index (χ4n) is 2.18. The number of hydrogen-bond acceptors (Lipinski definition) is 4. The molecule has 20 heavy (non-hydrogen) atoms. The van der Waals surface area contributed by atoms with Gasteiger partial charge in [0.2, 0.25) is 5.91 Å². The summed E-state index contributed by atoms with van der Waals surface area (Å²) in [7, 11) is 1.98. The van der Waals surface area contributed by atoms with E-state index in [0.717, 1.165) is 45.1 Å². The second-order valence-corrected chi connectivity index (χ2v) is 5.11. The Kier molecular flexibility index (Phi) is 5.98. The standard InChI is InChI=1S/C15H23N3O2/c1-17(7-8-18-9-11-20-12-10-18)13-15(19)16-14-5-3-2-4-6-14/h2-6H,7-13H2,1H3,(H,16,19). The first-order valence-electron chi connectivity index (χ1n) is 7.07. The Morgan fingerprint density at radius 3 is 2.70 bits per heavy atom. The number of morpholine rings is 1. The maximum atomic E-state index is 11.9. The van der Waals surface area contributed by atoms with E-state index in [0.29, 0.717) is 6.54 Å². The summed E-state index contributed by atoms with van der Waals surface area (Å²) < 4.78 is 5.32. The van der Waals surface area contributed by atoms with Gasteiger partial charge in [0.05, 0.1) is 19.8 Å². The molecule has 1 saturated heterocycles. The molecular weight excluding hydrogens is 254 g/mol. The number of carbonyl (C=O) groups excluding carboxylic acids is 1. The zero-order chi connectivity index (χ0) is 14.2. The molecule has 1 aromatic rings. The third-order valence-electron chi connectivity index (χ3n) is 3.37. The SMILES string of the molecule is CN(CCN1CCOCC1)CC(=O)Nc1ccccc1. The van der Waals surface area contributed by atoms with Crippen LogP contribution in [-0.4, -0.2) is 68.7 Å². The Labute approximate surface area is 120 Å². The number of benzene rings is 1. The number of likely N-dealkylation sites (N-methyl/N-ethyl adjacent to an activating group) is 1. The van der Waals surface area contributed by atoms with Gasteiger partial charge >= 0.3 is 0 Å². The van der Waals surface area contributed by atoms with Crippen LogP contribution >= 0.6 is 0 Å². The third-order valence-corrected chi connectivity index (χ3v) is 3.37. The molecule has 5 nitrogen and oxygen atoms in total. The van der Waals surface area contributed by atoms with E-state index in [1.54, 1.807) is 0 Å². The largest absolute Gasteiger partial charge is 0.379 e. The number of hydrogen-bond donors (Lipinski definition) is 1. The van der Waals surface area contributed by atoms with Crippen molar-refractivity contribution in [1.82, 2.24) is 9.80 Å². The number of amides is 1. The van der Waals surface area contributed by atoms with Gasteiger partial charge in [-0.3, -0.25) is 14.6 Å². The van der Waals surface area contributed by atoms with Crippen LogP contribution in [0.5, 0.6) is 0 Å². The van der Waals surface area contributed by atoms with E-state index in [2.05, 4.69) is 10.2 Å². The minimum atomic E-state index is 0.0284. The molecule has 0 radical (unpaired) electrons. The number of carbonyl (C=O) groups is 1. The maximum Gasteiger partial charge on any atom is 0.238 e. The van der Waals surface area contributed by atoms with Crippen molar-refractivity contribution in [2.45, 2.75) is 0 Å². The second-order valence-electron chi connectivity index (χ2n) is 5.11. The quantitative estimate of drug-likeness (QED) is 0.839. The predicted octanol–water partition coefficient (Wildman–Crippen LogP) is 0.889. The van der Waals surface area contributed by atoms with Crippen molar-refractivity contribution >= 4 is 11.6 Å². The van der Waals surface area contributed by atoms with Crippen LogP contribution < -0.4 is 5.32 Å². The highest BCUT2D eigenvalue weighted by Gasteiger charge is 2.12. The van der Waals surface area contributed by atoms with Crippen LogP contribution in [-0.2, 0) is 9.53 Å². The van der Waals surface area contributed by atoms with Gasteiger partial charge in [-0.05, 0) is 19.2 Å². The van der Waals surface area contributed by atoms with Crippen LogP contribution in [0.2, 0.25) is 0 Å². The zero-order valence-corrected chi connectivity index (χ0v) is 12.0. The molecule has 0 unspecified atom stereocenters. The first kappa shape index (κ1) is 15.0. The van der Waals surface area contributed by atoms with Crippen LogP contribution in [0, 0.1) is 0 Å². The molecule has 0 aliphatic carbocycles. The number of rotatable bonds is 6. The predicted molar refractivity (Wildman–Crippen MR) is 79.8 cm³/mol. The van der Waals surface area contributed by atoms with Gasteiger partial charge in [0, 0.05) is 31.9 Å². The third kappa shape index (κ3) is 5.28. The molecule has 1 aliphatic rings. The van der Waals surface area contributed by atoms with Crippen molar-refractivity contribution in [2.75, 3.05) is 58.3 Å². The fourth-order valence-corrected chi connectivity index (χ4v) is 2.18. The molecular formula is C15H23N3O2. The Balaban J connectivity index is 1.65. The van der Waals surface area contributed by atoms with Crippen LogP contribution in [0.1, 0.15) is 0 Å². The number of para-hydroxylation sites is 1. The van der Waals surface area contributed by atoms with E-state index >= 15 is 0 Å². The molecule has 0 aromatic heterocycles. The normalized spacial score (nSPS) is 16.3. The Bertz CT molecular complexity index is 405. The summed E-state index contributed by atoms with van der Waals surface area (Å²) in [6, 6.07) is 9.55. The van der Waals surface area contributed by atoms with Gasteiger partial charge in [-0.1, -0.05) is 18.2 Å². The summed E-state index contributed by atoms with van der Waals surface area (Å²) in [6.07, 6.45) is 0. The monoisotopic (exact) mass is 277 g/mol. The summed E-state index contributed by atoms with van der Waals surface area (Å²) in [5.41, 5.74) is 0.846. The van der Waals surface area contributed by atoms with Gasteiger partial charge in [0.15, 0.2) is 0 Å². The lowest BCUT2D eigenvalue weighted by molar-refractivity contribution is -0.117.